The van der Waals surface area contributed by atoms with E-state index >= 15 is 0 Å². The van der Waals surface area contributed by atoms with Crippen molar-refractivity contribution in [1.29, 1.82) is 0 Å². The number of carbonyl (C=O) groups is 1. The van der Waals surface area contributed by atoms with Crippen molar-refractivity contribution in [3.8, 4) is 0 Å². The van der Waals surface area contributed by atoms with Crippen LogP contribution in [0, 0.1) is 12.3 Å². The van der Waals surface area contributed by atoms with Crippen molar-refractivity contribution in [2.45, 2.75) is 27.7 Å². The van der Waals surface area contributed by atoms with Gasteiger partial charge in [0.1, 0.15) is 5.82 Å². The molecule has 5 heteroatoms. The van der Waals surface area contributed by atoms with E-state index in [-0.39, 0.29) is 5.91 Å². The van der Waals surface area contributed by atoms with Gasteiger partial charge in [-0.3, -0.25) is 9.78 Å². The third-order valence-electron chi connectivity index (χ3n) is 1.92. The number of hydrogen-bond acceptors (Lipinski definition) is 3. The van der Waals surface area contributed by atoms with E-state index in [1.54, 1.807) is 27.7 Å². The number of nitrogens with zero attached hydrogens (tertiary/aromatic N) is 1. The van der Waals surface area contributed by atoms with Gasteiger partial charge in [-0.25, -0.2) is 9.78 Å². The number of aromatic nitrogens is 2. The van der Waals surface area contributed by atoms with Crippen LogP contribution in [0.4, 0.5) is 5.82 Å². The van der Waals surface area contributed by atoms with E-state index in [9.17, 15) is 9.59 Å². The first-order chi connectivity index (χ1) is 6.80. The first kappa shape index (κ1) is 11.4. The minimum absolute atomic E-state index is 0.146. The number of aromatic amines is 1. The lowest BCUT2D eigenvalue weighted by atomic mass is 9.96. The first-order valence-corrected chi connectivity index (χ1v) is 4.68. The summed E-state index contributed by atoms with van der Waals surface area (Å²) in [7, 11) is 0. The molecule has 0 fully saturated rings. The Kier molecular flexibility index (Phi) is 2.93. The second-order valence-corrected chi connectivity index (χ2v) is 4.45. The van der Waals surface area contributed by atoms with E-state index in [0.29, 0.717) is 5.82 Å². The van der Waals surface area contributed by atoms with E-state index in [0.717, 1.165) is 5.56 Å². The Hall–Kier alpha value is -1.65. The van der Waals surface area contributed by atoms with E-state index < -0.39 is 11.1 Å². The summed E-state index contributed by atoms with van der Waals surface area (Å²) in [5, 5.41) is 2.66. The van der Waals surface area contributed by atoms with Crippen LogP contribution in [0.3, 0.4) is 0 Å². The zero-order chi connectivity index (χ0) is 11.6. The van der Waals surface area contributed by atoms with E-state index in [2.05, 4.69) is 15.3 Å². The van der Waals surface area contributed by atoms with Crippen LogP contribution in [0.5, 0.6) is 0 Å². The highest BCUT2D eigenvalue weighted by molar-refractivity contribution is 5.94. The molecule has 2 N–H and O–H groups in total. The van der Waals surface area contributed by atoms with Gasteiger partial charge >= 0.3 is 5.69 Å². The minimum atomic E-state index is -0.493. The van der Waals surface area contributed by atoms with Crippen molar-refractivity contribution >= 4 is 11.7 Å². The highest BCUT2D eigenvalue weighted by atomic mass is 16.2. The van der Waals surface area contributed by atoms with Crippen LogP contribution in [0.1, 0.15) is 26.3 Å². The average molecular weight is 209 g/mol. The van der Waals surface area contributed by atoms with Crippen LogP contribution in [-0.2, 0) is 4.79 Å². The zero-order valence-corrected chi connectivity index (χ0v) is 9.34. The van der Waals surface area contributed by atoms with Gasteiger partial charge in [0.2, 0.25) is 5.91 Å². The standard InChI is InChI=1S/C10H15N3O2/c1-6-5-11-9(15)13-7(6)12-8(14)10(2,3)4/h5H,1-4H3,(H2,11,12,13,14,15). The fraction of sp³-hybridized carbons (Fsp3) is 0.500. The Balaban J connectivity index is 2.95. The molecule has 1 rings (SSSR count). The quantitative estimate of drug-likeness (QED) is 0.726. The van der Waals surface area contributed by atoms with Crippen LogP contribution >= 0.6 is 0 Å². The number of aryl methyl sites for hydroxylation is 1. The third-order valence-corrected chi connectivity index (χ3v) is 1.92. The van der Waals surface area contributed by atoms with Crippen LogP contribution in [-0.4, -0.2) is 15.9 Å². The minimum Gasteiger partial charge on any atom is -0.311 e. The van der Waals surface area contributed by atoms with Crippen molar-refractivity contribution in [2.24, 2.45) is 5.41 Å². The van der Waals surface area contributed by atoms with Crippen molar-refractivity contribution in [2.75, 3.05) is 5.32 Å². The van der Waals surface area contributed by atoms with E-state index in [4.69, 9.17) is 0 Å². The number of H-pyrrole nitrogens is 1. The maximum absolute atomic E-state index is 11.6. The molecule has 1 amide bonds. The monoisotopic (exact) mass is 209 g/mol. The normalized spacial score (nSPS) is 11.2. The highest BCUT2D eigenvalue weighted by Gasteiger charge is 2.21. The van der Waals surface area contributed by atoms with E-state index in [1.165, 1.54) is 6.20 Å². The Bertz CT molecular complexity index is 429. The van der Waals surface area contributed by atoms with E-state index in [1.807, 2.05) is 0 Å². The highest BCUT2D eigenvalue weighted by Crippen LogP contribution is 2.16. The molecule has 0 atom stereocenters. The van der Waals surface area contributed by atoms with Gasteiger partial charge in [-0.15, -0.1) is 0 Å². The van der Waals surface area contributed by atoms with Gasteiger partial charge in [0.15, 0.2) is 0 Å². The molecule has 0 aliphatic heterocycles. The molecule has 82 valence electrons. The summed E-state index contributed by atoms with van der Waals surface area (Å²) in [4.78, 5) is 28.6. The fourth-order valence-electron chi connectivity index (χ4n) is 0.889. The number of nitrogens with one attached hydrogen (secondary N) is 2. The summed E-state index contributed by atoms with van der Waals surface area (Å²) in [6, 6.07) is 0. The molecule has 0 unspecified atom stereocenters. The van der Waals surface area contributed by atoms with Gasteiger partial charge in [-0.05, 0) is 6.92 Å². The molecule has 0 spiro atoms. The maximum atomic E-state index is 11.6. The number of rotatable bonds is 1. The lowest BCUT2D eigenvalue weighted by Crippen LogP contribution is -2.29. The fourth-order valence-corrected chi connectivity index (χ4v) is 0.889. The lowest BCUT2D eigenvalue weighted by Gasteiger charge is -2.17. The summed E-state index contributed by atoms with van der Waals surface area (Å²) >= 11 is 0. The topological polar surface area (TPSA) is 74.8 Å². The van der Waals surface area contributed by atoms with Gasteiger partial charge < -0.3 is 5.32 Å². The molecule has 1 aromatic rings. The van der Waals surface area contributed by atoms with Gasteiger partial charge in [-0.2, -0.15) is 0 Å². The Labute approximate surface area is 87.9 Å². The average Bonchev–Trinajstić information content (AvgIpc) is 2.09. The smallest absolute Gasteiger partial charge is 0.311 e. The van der Waals surface area contributed by atoms with Crippen LogP contribution in [0.2, 0.25) is 0 Å². The van der Waals surface area contributed by atoms with Crippen molar-refractivity contribution in [3.05, 3.63) is 22.2 Å². The molecule has 15 heavy (non-hydrogen) atoms. The molecular formula is C10H15N3O2. The molecule has 0 aliphatic rings. The predicted molar refractivity (Wildman–Crippen MR) is 57.7 cm³/mol. The molecular weight excluding hydrogens is 194 g/mol. The van der Waals surface area contributed by atoms with Gasteiger partial charge in [-0.1, -0.05) is 20.8 Å². The van der Waals surface area contributed by atoms with Gasteiger partial charge in [0.25, 0.3) is 0 Å². The number of amides is 1. The number of anilines is 1. The second-order valence-electron chi connectivity index (χ2n) is 4.45. The number of carbonyl (C=O) groups excluding carboxylic acids is 1. The molecule has 0 saturated carbocycles. The molecule has 5 nitrogen and oxygen atoms in total. The van der Waals surface area contributed by atoms with Gasteiger partial charge in [0.05, 0.1) is 0 Å². The molecule has 1 heterocycles. The largest absolute Gasteiger partial charge is 0.346 e. The molecule has 1 aromatic heterocycles. The summed E-state index contributed by atoms with van der Waals surface area (Å²) in [5.74, 6) is 0.266. The summed E-state index contributed by atoms with van der Waals surface area (Å²) in [6.07, 6.45) is 1.43. The zero-order valence-electron chi connectivity index (χ0n) is 9.34. The van der Waals surface area contributed by atoms with Crippen molar-refractivity contribution in [1.82, 2.24) is 9.97 Å². The SMILES string of the molecule is Cc1cnc(=O)[nH]c1NC(=O)C(C)(C)C. The molecule has 0 radical (unpaired) electrons. The van der Waals surface area contributed by atoms with Crippen LogP contribution in [0.25, 0.3) is 0 Å². The summed E-state index contributed by atoms with van der Waals surface area (Å²) in [5.41, 5.74) is -0.232. The molecule has 0 aromatic carbocycles. The molecule has 0 saturated heterocycles. The Morgan fingerprint density at radius 2 is 2.07 bits per heavy atom. The van der Waals surface area contributed by atoms with Crippen LogP contribution < -0.4 is 11.0 Å². The van der Waals surface area contributed by atoms with Crippen molar-refractivity contribution in [3.63, 3.8) is 0 Å². The molecule has 0 bridgehead atoms. The summed E-state index contributed by atoms with van der Waals surface area (Å²) in [6.45, 7) is 7.17. The Morgan fingerprint density at radius 1 is 1.47 bits per heavy atom. The lowest BCUT2D eigenvalue weighted by molar-refractivity contribution is -0.123. The van der Waals surface area contributed by atoms with Crippen LogP contribution in [0.15, 0.2) is 11.0 Å². The molecule has 0 aliphatic carbocycles. The maximum Gasteiger partial charge on any atom is 0.346 e. The van der Waals surface area contributed by atoms with Crippen molar-refractivity contribution < 1.29 is 4.79 Å². The number of hydrogen-bond donors (Lipinski definition) is 2. The van der Waals surface area contributed by atoms with Gasteiger partial charge in [0, 0.05) is 17.2 Å². The Morgan fingerprint density at radius 3 is 2.60 bits per heavy atom. The second kappa shape index (κ2) is 3.84. The third kappa shape index (κ3) is 2.90. The summed E-state index contributed by atoms with van der Waals surface area (Å²) < 4.78 is 0. The predicted octanol–water partition coefficient (Wildman–Crippen LogP) is 1.06. The first-order valence-electron chi connectivity index (χ1n) is 4.68.